The topological polar surface area (TPSA) is 80.6 Å². The fourth-order valence-corrected chi connectivity index (χ4v) is 3.86. The molecule has 1 fully saturated rings. The zero-order valence-electron chi connectivity index (χ0n) is 16.0. The summed E-state index contributed by atoms with van der Waals surface area (Å²) >= 11 is 1.55. The van der Waals surface area contributed by atoms with Gasteiger partial charge < -0.3 is 14.5 Å². The van der Waals surface area contributed by atoms with Gasteiger partial charge in [0.15, 0.2) is 5.82 Å². The van der Waals surface area contributed by atoms with Crippen molar-refractivity contribution < 1.29 is 14.3 Å². The summed E-state index contributed by atoms with van der Waals surface area (Å²) in [6, 6.07) is 13.5. The fourth-order valence-electron chi connectivity index (χ4n) is 3.17. The zero-order chi connectivity index (χ0) is 20.2. The molecule has 2 aromatic heterocycles. The maximum atomic E-state index is 13.0. The van der Waals surface area contributed by atoms with Gasteiger partial charge in [-0.3, -0.25) is 4.79 Å². The predicted molar refractivity (Wildman–Crippen MR) is 109 cm³/mol. The van der Waals surface area contributed by atoms with E-state index in [4.69, 9.17) is 4.74 Å². The number of carbonyl (C=O) groups is 2. The molecule has 29 heavy (non-hydrogen) atoms. The second-order valence-corrected chi connectivity index (χ2v) is 7.41. The third kappa shape index (κ3) is 4.00. The van der Waals surface area contributed by atoms with Crippen molar-refractivity contribution in [2.24, 2.45) is 0 Å². The SMILES string of the molecule is CCOC(=O)N1CCN(C(=O)c2nc(-c3cccs3)n(-c3ccccc3)n2)CC1. The first-order valence-corrected chi connectivity index (χ1v) is 10.3. The maximum Gasteiger partial charge on any atom is 0.409 e. The van der Waals surface area contributed by atoms with Crippen LogP contribution in [0.3, 0.4) is 0 Å². The average molecular weight is 411 g/mol. The Kier molecular flexibility index (Phi) is 5.57. The van der Waals surface area contributed by atoms with Gasteiger partial charge >= 0.3 is 6.09 Å². The van der Waals surface area contributed by atoms with Crippen LogP contribution in [-0.2, 0) is 4.74 Å². The third-order valence-corrected chi connectivity index (χ3v) is 5.50. The molecule has 0 bridgehead atoms. The number of hydrogen-bond donors (Lipinski definition) is 0. The van der Waals surface area contributed by atoms with Gasteiger partial charge in [-0.2, -0.15) is 0 Å². The first-order valence-electron chi connectivity index (χ1n) is 9.44. The van der Waals surface area contributed by atoms with Gasteiger partial charge in [-0.1, -0.05) is 24.3 Å². The summed E-state index contributed by atoms with van der Waals surface area (Å²) in [6.45, 7) is 3.82. The first kappa shape index (κ1) is 19.1. The number of piperazine rings is 1. The Labute approximate surface area is 172 Å². The van der Waals surface area contributed by atoms with Crippen LogP contribution >= 0.6 is 11.3 Å². The molecule has 4 rings (SSSR count). The fraction of sp³-hybridized carbons (Fsp3) is 0.300. The Morgan fingerprint density at radius 3 is 2.41 bits per heavy atom. The average Bonchev–Trinajstić information content (AvgIpc) is 3.44. The van der Waals surface area contributed by atoms with Crippen molar-refractivity contribution in [1.29, 1.82) is 0 Å². The summed E-state index contributed by atoms with van der Waals surface area (Å²) < 4.78 is 6.73. The van der Waals surface area contributed by atoms with E-state index in [-0.39, 0.29) is 17.8 Å². The predicted octanol–water partition coefficient (Wildman–Crippen LogP) is 2.91. The van der Waals surface area contributed by atoms with Crippen molar-refractivity contribution in [3.8, 4) is 16.4 Å². The quantitative estimate of drug-likeness (QED) is 0.659. The third-order valence-electron chi connectivity index (χ3n) is 4.63. The second kappa shape index (κ2) is 8.44. The number of rotatable bonds is 4. The van der Waals surface area contributed by atoms with Crippen molar-refractivity contribution in [3.63, 3.8) is 0 Å². The van der Waals surface area contributed by atoms with E-state index in [2.05, 4.69) is 10.1 Å². The van der Waals surface area contributed by atoms with Gasteiger partial charge in [-0.15, -0.1) is 16.4 Å². The minimum Gasteiger partial charge on any atom is -0.450 e. The summed E-state index contributed by atoms with van der Waals surface area (Å²) in [5.74, 6) is 0.558. The number of aromatic nitrogens is 3. The van der Waals surface area contributed by atoms with Crippen LogP contribution in [0.4, 0.5) is 4.79 Å². The van der Waals surface area contributed by atoms with E-state index in [0.717, 1.165) is 10.6 Å². The number of amides is 2. The molecule has 0 N–H and O–H groups in total. The molecule has 3 heterocycles. The number of carbonyl (C=O) groups excluding carboxylic acids is 2. The molecule has 1 aliphatic heterocycles. The molecule has 1 aliphatic rings. The van der Waals surface area contributed by atoms with Gasteiger partial charge in [0.05, 0.1) is 17.2 Å². The normalized spacial score (nSPS) is 14.1. The van der Waals surface area contributed by atoms with Gasteiger partial charge in [0.2, 0.25) is 5.82 Å². The lowest BCUT2D eigenvalue weighted by Gasteiger charge is -2.33. The number of benzene rings is 1. The Bertz CT molecular complexity index is 979. The van der Waals surface area contributed by atoms with Crippen molar-refractivity contribution in [2.75, 3.05) is 32.8 Å². The van der Waals surface area contributed by atoms with E-state index in [1.54, 1.807) is 32.7 Å². The lowest BCUT2D eigenvalue weighted by Crippen LogP contribution is -2.51. The van der Waals surface area contributed by atoms with Crippen LogP contribution in [0.5, 0.6) is 0 Å². The zero-order valence-corrected chi connectivity index (χ0v) is 16.8. The summed E-state index contributed by atoms with van der Waals surface area (Å²) in [4.78, 5) is 33.7. The van der Waals surface area contributed by atoms with Crippen molar-refractivity contribution in [1.82, 2.24) is 24.6 Å². The molecule has 1 aromatic carbocycles. The Morgan fingerprint density at radius 2 is 1.76 bits per heavy atom. The summed E-state index contributed by atoms with van der Waals surface area (Å²) in [5, 5.41) is 6.48. The highest BCUT2D eigenvalue weighted by Crippen LogP contribution is 2.26. The number of nitrogens with zero attached hydrogens (tertiary/aromatic N) is 5. The van der Waals surface area contributed by atoms with Crippen LogP contribution < -0.4 is 0 Å². The Morgan fingerprint density at radius 1 is 1.03 bits per heavy atom. The van der Waals surface area contributed by atoms with Gasteiger partial charge in [-0.05, 0) is 30.5 Å². The summed E-state index contributed by atoms with van der Waals surface area (Å²) in [7, 11) is 0. The molecule has 1 saturated heterocycles. The second-order valence-electron chi connectivity index (χ2n) is 6.46. The van der Waals surface area contributed by atoms with Crippen molar-refractivity contribution in [3.05, 3.63) is 53.7 Å². The monoisotopic (exact) mass is 411 g/mol. The van der Waals surface area contributed by atoms with Crippen LogP contribution in [0.1, 0.15) is 17.5 Å². The van der Waals surface area contributed by atoms with Crippen LogP contribution in [0.2, 0.25) is 0 Å². The highest BCUT2D eigenvalue weighted by Gasteiger charge is 2.28. The summed E-state index contributed by atoms with van der Waals surface area (Å²) in [5.41, 5.74) is 0.842. The number of ether oxygens (including phenoxy) is 1. The standard InChI is InChI=1S/C20H21N5O3S/c1-2-28-20(27)24-12-10-23(11-13-24)19(26)17-21-18(16-9-6-14-29-16)25(22-17)15-7-4-3-5-8-15/h3-9,14H,2,10-13H2,1H3. The number of thiophene rings is 1. The van der Waals surface area contributed by atoms with E-state index in [1.807, 2.05) is 47.8 Å². The minimum absolute atomic E-state index is 0.154. The van der Waals surface area contributed by atoms with Crippen molar-refractivity contribution >= 4 is 23.3 Å². The van der Waals surface area contributed by atoms with Crippen LogP contribution in [0, 0.1) is 0 Å². The largest absolute Gasteiger partial charge is 0.450 e. The van der Waals surface area contributed by atoms with Crippen LogP contribution in [-0.4, -0.2) is 69.4 Å². The molecule has 0 atom stereocenters. The van der Waals surface area contributed by atoms with Crippen molar-refractivity contribution in [2.45, 2.75) is 6.92 Å². The van der Waals surface area contributed by atoms with E-state index < -0.39 is 0 Å². The van der Waals surface area contributed by atoms with Gasteiger partial charge in [0.25, 0.3) is 5.91 Å². The van der Waals surface area contributed by atoms with E-state index in [0.29, 0.717) is 38.6 Å². The van der Waals surface area contributed by atoms with E-state index >= 15 is 0 Å². The highest BCUT2D eigenvalue weighted by atomic mass is 32.1. The molecule has 0 saturated carbocycles. The first-order chi connectivity index (χ1) is 14.2. The van der Waals surface area contributed by atoms with Crippen LogP contribution in [0.15, 0.2) is 47.8 Å². The molecule has 0 spiro atoms. The molecular weight excluding hydrogens is 390 g/mol. The smallest absolute Gasteiger partial charge is 0.409 e. The minimum atomic E-state index is -0.342. The molecule has 9 heteroatoms. The molecule has 0 radical (unpaired) electrons. The molecule has 2 amide bonds. The van der Waals surface area contributed by atoms with E-state index in [1.165, 1.54) is 0 Å². The Hall–Kier alpha value is -3.20. The highest BCUT2D eigenvalue weighted by molar-refractivity contribution is 7.13. The molecule has 0 aliphatic carbocycles. The Balaban J connectivity index is 1.56. The maximum absolute atomic E-state index is 13.0. The summed E-state index contributed by atoms with van der Waals surface area (Å²) in [6.07, 6.45) is -0.342. The molecule has 3 aromatic rings. The van der Waals surface area contributed by atoms with Crippen LogP contribution in [0.25, 0.3) is 16.4 Å². The van der Waals surface area contributed by atoms with Gasteiger partial charge in [0.1, 0.15) is 0 Å². The van der Waals surface area contributed by atoms with Gasteiger partial charge in [0, 0.05) is 26.2 Å². The number of para-hydroxylation sites is 1. The molecule has 8 nitrogen and oxygen atoms in total. The molecule has 0 unspecified atom stereocenters. The molecule has 150 valence electrons. The number of hydrogen-bond acceptors (Lipinski definition) is 6. The lowest BCUT2D eigenvalue weighted by atomic mass is 10.3. The van der Waals surface area contributed by atoms with E-state index in [9.17, 15) is 9.59 Å². The molecular formula is C20H21N5O3S. The lowest BCUT2D eigenvalue weighted by molar-refractivity contribution is 0.0561. The van der Waals surface area contributed by atoms with Gasteiger partial charge in [-0.25, -0.2) is 14.5 Å².